The lowest BCUT2D eigenvalue weighted by Crippen LogP contribution is -2.58. The summed E-state index contributed by atoms with van der Waals surface area (Å²) in [5, 5.41) is 9.56. The summed E-state index contributed by atoms with van der Waals surface area (Å²) in [6.07, 6.45) is 0. The van der Waals surface area contributed by atoms with Gasteiger partial charge in [-0.05, 0) is 0 Å². The Bertz CT molecular complexity index is 87.3. The Morgan fingerprint density at radius 2 is 1.67 bits per heavy atom. The van der Waals surface area contributed by atoms with Crippen molar-refractivity contribution in [2.45, 2.75) is 5.97 Å². The van der Waals surface area contributed by atoms with Gasteiger partial charge in [0.15, 0.2) is 0 Å². The van der Waals surface area contributed by atoms with Crippen molar-refractivity contribution in [2.75, 3.05) is 26.2 Å². The highest BCUT2D eigenvalue weighted by atomic mass is 16.6. The van der Waals surface area contributed by atoms with E-state index in [9.17, 15) is 0 Å². The van der Waals surface area contributed by atoms with E-state index < -0.39 is 0 Å². The van der Waals surface area contributed by atoms with Crippen LogP contribution in [0, 0.1) is 0 Å². The molecule has 0 unspecified atom stereocenters. The van der Waals surface area contributed by atoms with E-state index >= 15 is 0 Å². The number of hydrogen-bond donors (Lipinski definition) is 3. The van der Waals surface area contributed by atoms with Crippen molar-refractivity contribution in [1.29, 1.82) is 0 Å². The van der Waals surface area contributed by atoms with Crippen molar-refractivity contribution in [1.82, 2.24) is 16.0 Å². The smallest absolute Gasteiger partial charge is 0.235 e. The van der Waals surface area contributed by atoms with E-state index in [0.717, 1.165) is 26.2 Å². The molecule has 0 bridgehead atoms. The molecule has 2 aliphatic rings. The van der Waals surface area contributed by atoms with E-state index in [1.807, 2.05) is 0 Å². The predicted molar refractivity (Wildman–Crippen MR) is 32.7 cm³/mol. The molecule has 52 valence electrons. The number of rotatable bonds is 0. The van der Waals surface area contributed by atoms with Gasteiger partial charge in [0.1, 0.15) is 0 Å². The molecule has 0 amide bonds. The van der Waals surface area contributed by atoms with Crippen molar-refractivity contribution in [2.24, 2.45) is 0 Å². The van der Waals surface area contributed by atoms with Crippen LogP contribution in [0.4, 0.5) is 0 Å². The van der Waals surface area contributed by atoms with Gasteiger partial charge in [-0.3, -0.25) is 16.0 Å². The third-order valence-corrected chi connectivity index (χ3v) is 1.67. The second-order valence-electron chi connectivity index (χ2n) is 2.31. The second-order valence-corrected chi connectivity index (χ2v) is 2.31. The Morgan fingerprint density at radius 3 is 2.22 bits per heavy atom. The summed E-state index contributed by atoms with van der Waals surface area (Å²) in [7, 11) is 0. The van der Waals surface area contributed by atoms with E-state index in [2.05, 4.69) is 16.0 Å². The minimum Gasteiger partial charge on any atom is -0.333 e. The zero-order valence-electron chi connectivity index (χ0n) is 5.24. The first-order valence-electron chi connectivity index (χ1n) is 3.30. The fraction of sp³-hybridized carbons (Fsp3) is 1.00. The summed E-state index contributed by atoms with van der Waals surface area (Å²) in [6.45, 7) is 3.68. The number of nitrogens with one attached hydrogen (secondary N) is 3. The molecule has 0 radical (unpaired) electrons. The molecular formula is C5H11N3O. The monoisotopic (exact) mass is 129 g/mol. The molecule has 2 heterocycles. The van der Waals surface area contributed by atoms with Crippen LogP contribution < -0.4 is 16.0 Å². The van der Waals surface area contributed by atoms with Crippen molar-refractivity contribution < 1.29 is 4.74 Å². The normalized spacial score (nSPS) is 32.0. The maximum absolute atomic E-state index is 5.37. The molecule has 4 nitrogen and oxygen atoms in total. The van der Waals surface area contributed by atoms with Crippen LogP contribution >= 0.6 is 0 Å². The Balaban J connectivity index is 2.04. The second kappa shape index (κ2) is 1.91. The molecule has 0 saturated carbocycles. The molecule has 3 N–H and O–H groups in total. The fourth-order valence-corrected chi connectivity index (χ4v) is 1.25. The molecule has 1 spiro atoms. The van der Waals surface area contributed by atoms with E-state index in [1.54, 1.807) is 0 Å². The Hall–Kier alpha value is -0.160. The first kappa shape index (κ1) is 5.61. The minimum atomic E-state index is -0.361. The molecule has 2 fully saturated rings. The molecule has 4 heteroatoms. The largest absolute Gasteiger partial charge is 0.333 e. The molecule has 0 atom stereocenters. The van der Waals surface area contributed by atoms with Crippen LogP contribution in [0.25, 0.3) is 0 Å². The van der Waals surface area contributed by atoms with E-state index in [4.69, 9.17) is 4.74 Å². The summed E-state index contributed by atoms with van der Waals surface area (Å²) in [6, 6.07) is 0. The maximum atomic E-state index is 5.37. The van der Waals surface area contributed by atoms with E-state index in [1.165, 1.54) is 0 Å². The van der Waals surface area contributed by atoms with Gasteiger partial charge in [0.25, 0.3) is 0 Å². The van der Waals surface area contributed by atoms with Gasteiger partial charge in [-0.25, -0.2) is 0 Å². The van der Waals surface area contributed by atoms with Gasteiger partial charge in [-0.2, -0.15) is 0 Å². The highest BCUT2D eigenvalue weighted by Crippen LogP contribution is 2.06. The third kappa shape index (κ3) is 0.840. The van der Waals surface area contributed by atoms with Crippen molar-refractivity contribution in [3.8, 4) is 0 Å². The zero-order valence-corrected chi connectivity index (χ0v) is 5.24. The molecule has 2 rings (SSSR count). The molecule has 0 aromatic rings. The maximum Gasteiger partial charge on any atom is 0.235 e. The fourth-order valence-electron chi connectivity index (χ4n) is 1.25. The average Bonchev–Trinajstić information content (AvgIpc) is 2.45. The molecular weight excluding hydrogens is 118 g/mol. The molecule has 0 aromatic heterocycles. The van der Waals surface area contributed by atoms with Gasteiger partial charge >= 0.3 is 0 Å². The molecule has 2 saturated heterocycles. The van der Waals surface area contributed by atoms with Gasteiger partial charge in [-0.15, -0.1) is 0 Å². The number of ether oxygens (including phenoxy) is 1. The number of hydrogen-bond acceptors (Lipinski definition) is 4. The van der Waals surface area contributed by atoms with Crippen molar-refractivity contribution in [3.63, 3.8) is 0 Å². The van der Waals surface area contributed by atoms with E-state index in [-0.39, 0.29) is 5.97 Å². The SMILES string of the molecule is C1CNC2(N1)NCCO2. The van der Waals surface area contributed by atoms with Crippen LogP contribution in [0.2, 0.25) is 0 Å². The quantitative estimate of drug-likeness (QED) is 0.369. The van der Waals surface area contributed by atoms with Gasteiger partial charge in [-0.1, -0.05) is 0 Å². The van der Waals surface area contributed by atoms with Gasteiger partial charge in [0, 0.05) is 19.6 Å². The average molecular weight is 129 g/mol. The lowest BCUT2D eigenvalue weighted by molar-refractivity contribution is -0.0417. The van der Waals surface area contributed by atoms with Gasteiger partial charge in [0.2, 0.25) is 5.97 Å². The van der Waals surface area contributed by atoms with Crippen LogP contribution in [-0.4, -0.2) is 32.2 Å². The van der Waals surface area contributed by atoms with Crippen molar-refractivity contribution >= 4 is 0 Å². The Morgan fingerprint density at radius 1 is 1.00 bits per heavy atom. The van der Waals surface area contributed by atoms with Crippen LogP contribution in [0.3, 0.4) is 0 Å². The van der Waals surface area contributed by atoms with Crippen LogP contribution in [0.1, 0.15) is 0 Å². The molecule has 2 aliphatic heterocycles. The Labute approximate surface area is 54.0 Å². The molecule has 0 aromatic carbocycles. The first-order valence-corrected chi connectivity index (χ1v) is 3.30. The highest BCUT2D eigenvalue weighted by molar-refractivity contribution is 4.83. The van der Waals surface area contributed by atoms with E-state index in [0.29, 0.717) is 0 Å². The molecule has 9 heavy (non-hydrogen) atoms. The summed E-state index contributed by atoms with van der Waals surface area (Å²) in [5.41, 5.74) is 0. The standard InChI is InChI=1S/C5H11N3O/c1-2-7-5(6-1)8-3-4-9-5/h6-8H,1-4H2. The highest BCUT2D eigenvalue weighted by Gasteiger charge is 2.36. The Kier molecular flexibility index (Phi) is 1.19. The summed E-state index contributed by atoms with van der Waals surface area (Å²) >= 11 is 0. The first-order chi connectivity index (χ1) is 4.41. The van der Waals surface area contributed by atoms with Crippen LogP contribution in [-0.2, 0) is 4.74 Å². The summed E-state index contributed by atoms with van der Waals surface area (Å²) in [5.74, 6) is -0.361. The topological polar surface area (TPSA) is 45.3 Å². The molecule has 0 aliphatic carbocycles. The van der Waals surface area contributed by atoms with Crippen LogP contribution in [0.5, 0.6) is 0 Å². The zero-order chi connectivity index (χ0) is 6.16. The van der Waals surface area contributed by atoms with Crippen LogP contribution in [0.15, 0.2) is 0 Å². The summed E-state index contributed by atoms with van der Waals surface area (Å²) < 4.78 is 5.37. The van der Waals surface area contributed by atoms with Crippen molar-refractivity contribution in [3.05, 3.63) is 0 Å². The third-order valence-electron chi connectivity index (χ3n) is 1.67. The lowest BCUT2D eigenvalue weighted by Gasteiger charge is -2.22. The summed E-state index contributed by atoms with van der Waals surface area (Å²) in [4.78, 5) is 0. The predicted octanol–water partition coefficient (Wildman–Crippen LogP) is -1.59. The lowest BCUT2D eigenvalue weighted by atomic mass is 10.7. The van der Waals surface area contributed by atoms with Gasteiger partial charge < -0.3 is 4.74 Å². The minimum absolute atomic E-state index is 0.361. The van der Waals surface area contributed by atoms with Gasteiger partial charge in [0.05, 0.1) is 6.61 Å².